The van der Waals surface area contributed by atoms with Gasteiger partial charge in [0.1, 0.15) is 11.6 Å². The van der Waals surface area contributed by atoms with E-state index in [1.807, 2.05) is 12.1 Å². The molecule has 0 atom stereocenters. The van der Waals surface area contributed by atoms with Crippen molar-refractivity contribution in [3.8, 4) is 5.75 Å². The molecule has 0 saturated heterocycles. The second-order valence-electron chi connectivity index (χ2n) is 8.68. The maximum atomic E-state index is 13.2. The van der Waals surface area contributed by atoms with Gasteiger partial charge in [-0.15, -0.1) is 0 Å². The number of rotatable bonds is 4. The lowest BCUT2D eigenvalue weighted by atomic mass is 9.80. The van der Waals surface area contributed by atoms with Gasteiger partial charge in [-0.2, -0.15) is 0 Å². The first-order valence-corrected chi connectivity index (χ1v) is 9.28. The van der Waals surface area contributed by atoms with Gasteiger partial charge in [0.15, 0.2) is 6.61 Å². The largest absolute Gasteiger partial charge is 0.483 e. The van der Waals surface area contributed by atoms with E-state index in [1.165, 1.54) is 23.8 Å². The van der Waals surface area contributed by atoms with Crippen molar-refractivity contribution in [3.63, 3.8) is 0 Å². The van der Waals surface area contributed by atoms with Crippen molar-refractivity contribution < 1.29 is 13.9 Å². The zero-order chi connectivity index (χ0) is 20.4. The number of ether oxygens (including phenoxy) is 1. The molecular formula is C22H27ClFNO2. The van der Waals surface area contributed by atoms with E-state index in [0.29, 0.717) is 11.4 Å². The summed E-state index contributed by atoms with van der Waals surface area (Å²) in [5, 5.41) is 2.62. The quantitative estimate of drug-likeness (QED) is 0.684. The van der Waals surface area contributed by atoms with Gasteiger partial charge in [0.25, 0.3) is 5.91 Å². The first-order chi connectivity index (χ1) is 12.4. The summed E-state index contributed by atoms with van der Waals surface area (Å²) >= 11 is 5.74. The van der Waals surface area contributed by atoms with Gasteiger partial charge in [-0.05, 0) is 46.2 Å². The number of nitrogens with one attached hydrogen (secondary N) is 1. The molecule has 0 radical (unpaired) electrons. The van der Waals surface area contributed by atoms with Crippen LogP contribution in [0, 0.1) is 5.82 Å². The first-order valence-electron chi connectivity index (χ1n) is 8.90. The van der Waals surface area contributed by atoms with E-state index in [4.69, 9.17) is 16.3 Å². The van der Waals surface area contributed by atoms with Crippen LogP contribution in [-0.2, 0) is 15.6 Å². The number of hydrogen-bond donors (Lipinski definition) is 1. The lowest BCUT2D eigenvalue weighted by Gasteiger charge is -2.27. The Hall–Kier alpha value is -2.07. The molecular weight excluding hydrogens is 365 g/mol. The third-order valence-electron chi connectivity index (χ3n) is 4.22. The average molecular weight is 392 g/mol. The predicted molar refractivity (Wildman–Crippen MR) is 109 cm³/mol. The van der Waals surface area contributed by atoms with Crippen LogP contribution in [0.2, 0.25) is 5.02 Å². The van der Waals surface area contributed by atoms with E-state index in [-0.39, 0.29) is 28.4 Å². The van der Waals surface area contributed by atoms with Crippen molar-refractivity contribution in [3.05, 3.63) is 58.4 Å². The Morgan fingerprint density at radius 1 is 1.04 bits per heavy atom. The van der Waals surface area contributed by atoms with E-state index in [1.54, 1.807) is 0 Å². The summed E-state index contributed by atoms with van der Waals surface area (Å²) in [6.07, 6.45) is 0. The maximum Gasteiger partial charge on any atom is 0.262 e. The fraction of sp³-hybridized carbons (Fsp3) is 0.409. The van der Waals surface area contributed by atoms with Crippen molar-refractivity contribution >= 4 is 23.2 Å². The molecule has 0 fully saturated rings. The van der Waals surface area contributed by atoms with Crippen molar-refractivity contribution in [2.75, 3.05) is 11.9 Å². The number of anilines is 1. The van der Waals surface area contributed by atoms with Crippen LogP contribution in [0.4, 0.5) is 10.1 Å². The van der Waals surface area contributed by atoms with Crippen LogP contribution in [0.5, 0.6) is 5.75 Å². The van der Waals surface area contributed by atoms with E-state index in [9.17, 15) is 9.18 Å². The third-order valence-corrected chi connectivity index (χ3v) is 4.51. The fourth-order valence-corrected chi connectivity index (χ4v) is 2.80. The molecule has 0 aliphatic carbocycles. The summed E-state index contributed by atoms with van der Waals surface area (Å²) in [7, 11) is 0. The molecule has 0 aromatic heterocycles. The summed E-state index contributed by atoms with van der Waals surface area (Å²) in [5.74, 6) is -0.181. The Morgan fingerprint density at radius 2 is 1.70 bits per heavy atom. The second-order valence-corrected chi connectivity index (χ2v) is 9.08. The predicted octanol–water partition coefficient (Wildman–Crippen LogP) is 6.09. The van der Waals surface area contributed by atoms with Gasteiger partial charge in [0.2, 0.25) is 0 Å². The summed E-state index contributed by atoms with van der Waals surface area (Å²) in [5.41, 5.74) is 2.59. The van der Waals surface area contributed by atoms with E-state index in [2.05, 4.69) is 52.9 Å². The number of carbonyl (C=O) groups is 1. The second kappa shape index (κ2) is 7.89. The van der Waals surface area contributed by atoms with Gasteiger partial charge in [-0.1, -0.05) is 65.3 Å². The van der Waals surface area contributed by atoms with Crippen LogP contribution in [0.3, 0.4) is 0 Å². The van der Waals surface area contributed by atoms with Crippen LogP contribution in [0.25, 0.3) is 0 Å². The normalized spacial score (nSPS) is 12.0. The number of halogens is 2. The number of benzene rings is 2. The lowest BCUT2D eigenvalue weighted by Crippen LogP contribution is -2.22. The zero-order valence-electron chi connectivity index (χ0n) is 16.7. The van der Waals surface area contributed by atoms with Gasteiger partial charge in [-0.3, -0.25) is 4.79 Å². The molecule has 0 bridgehead atoms. The van der Waals surface area contributed by atoms with Gasteiger partial charge in [0, 0.05) is 5.69 Å². The monoisotopic (exact) mass is 391 g/mol. The molecule has 2 aromatic rings. The topological polar surface area (TPSA) is 38.3 Å². The molecule has 146 valence electrons. The van der Waals surface area contributed by atoms with Gasteiger partial charge < -0.3 is 10.1 Å². The molecule has 0 heterocycles. The molecule has 1 N–H and O–H groups in total. The zero-order valence-corrected chi connectivity index (χ0v) is 17.5. The van der Waals surface area contributed by atoms with Gasteiger partial charge >= 0.3 is 0 Å². The van der Waals surface area contributed by atoms with Crippen molar-refractivity contribution in [1.29, 1.82) is 0 Å². The Kier molecular flexibility index (Phi) is 6.21. The number of hydrogen-bond acceptors (Lipinski definition) is 2. The molecule has 3 nitrogen and oxygen atoms in total. The highest BCUT2D eigenvalue weighted by molar-refractivity contribution is 6.31. The smallest absolute Gasteiger partial charge is 0.262 e. The SMILES string of the molecule is CC(C)(C)c1ccc(OCC(=O)Nc2ccc(F)c(Cl)c2)c(C(C)(C)C)c1. The molecule has 27 heavy (non-hydrogen) atoms. The molecule has 2 rings (SSSR count). The lowest BCUT2D eigenvalue weighted by molar-refractivity contribution is -0.118. The number of carbonyl (C=O) groups excluding carboxylic acids is 1. The third kappa shape index (κ3) is 5.70. The minimum atomic E-state index is -0.528. The van der Waals surface area contributed by atoms with Crippen molar-refractivity contribution in [2.45, 2.75) is 52.4 Å². The van der Waals surface area contributed by atoms with Crippen molar-refractivity contribution in [1.82, 2.24) is 0 Å². The summed E-state index contributed by atoms with van der Waals surface area (Å²) < 4.78 is 19.0. The molecule has 2 aromatic carbocycles. The highest BCUT2D eigenvalue weighted by Crippen LogP contribution is 2.35. The van der Waals surface area contributed by atoms with Crippen LogP contribution in [-0.4, -0.2) is 12.5 Å². The summed E-state index contributed by atoms with van der Waals surface area (Å²) in [6, 6.07) is 10.1. The van der Waals surface area contributed by atoms with E-state index >= 15 is 0 Å². The standard InChI is InChI=1S/C22H27ClFNO2/c1-21(2,3)14-7-10-19(16(11-14)22(4,5)6)27-13-20(26)25-15-8-9-18(24)17(23)12-15/h7-12H,13H2,1-6H3,(H,25,26). The minimum absolute atomic E-state index is 0.0256. The highest BCUT2D eigenvalue weighted by atomic mass is 35.5. The van der Waals surface area contributed by atoms with E-state index in [0.717, 1.165) is 5.56 Å². The first kappa shape index (κ1) is 21.2. The molecule has 0 aliphatic rings. The van der Waals surface area contributed by atoms with Gasteiger partial charge in [0.05, 0.1) is 5.02 Å². The molecule has 0 unspecified atom stereocenters. The van der Waals surface area contributed by atoms with Gasteiger partial charge in [-0.25, -0.2) is 4.39 Å². The fourth-order valence-electron chi connectivity index (χ4n) is 2.62. The minimum Gasteiger partial charge on any atom is -0.483 e. The average Bonchev–Trinajstić information content (AvgIpc) is 2.54. The Morgan fingerprint density at radius 3 is 2.26 bits per heavy atom. The van der Waals surface area contributed by atoms with Crippen molar-refractivity contribution in [2.24, 2.45) is 0 Å². The van der Waals surface area contributed by atoms with Crippen LogP contribution < -0.4 is 10.1 Å². The van der Waals surface area contributed by atoms with Crippen LogP contribution in [0.1, 0.15) is 52.7 Å². The highest BCUT2D eigenvalue weighted by Gasteiger charge is 2.23. The van der Waals surface area contributed by atoms with Crippen LogP contribution >= 0.6 is 11.6 Å². The molecule has 0 saturated carbocycles. The molecule has 0 spiro atoms. The summed E-state index contributed by atoms with van der Waals surface area (Å²) in [4.78, 5) is 12.2. The molecule has 5 heteroatoms. The summed E-state index contributed by atoms with van der Waals surface area (Å²) in [6.45, 7) is 12.7. The number of amides is 1. The van der Waals surface area contributed by atoms with E-state index < -0.39 is 5.82 Å². The maximum absolute atomic E-state index is 13.2. The van der Waals surface area contributed by atoms with Crippen LogP contribution in [0.15, 0.2) is 36.4 Å². The molecule has 1 amide bonds. The molecule has 0 aliphatic heterocycles. The Bertz CT molecular complexity index is 835. The Labute approximate surface area is 165 Å². The Balaban J connectivity index is 2.14.